The van der Waals surface area contributed by atoms with Gasteiger partial charge in [0.25, 0.3) is 0 Å². The number of nitrogens with zero attached hydrogens (tertiary/aromatic N) is 2. The monoisotopic (exact) mass is 182 g/mol. The Hall–Kier alpha value is -0.0800. The maximum absolute atomic E-state index is 2.73. The van der Waals surface area contributed by atoms with Crippen LogP contribution in [0.25, 0.3) is 0 Å². The SMILES string of the molecule is CC(C)C1(N2CCN(C)CC2)CC1. The Morgan fingerprint density at radius 1 is 1.00 bits per heavy atom. The van der Waals surface area contributed by atoms with Crippen LogP contribution in [0, 0.1) is 5.92 Å². The third kappa shape index (κ3) is 1.62. The van der Waals surface area contributed by atoms with Crippen molar-refractivity contribution in [2.75, 3.05) is 33.2 Å². The Balaban J connectivity index is 1.94. The first-order chi connectivity index (χ1) is 6.15. The molecule has 13 heavy (non-hydrogen) atoms. The van der Waals surface area contributed by atoms with Crippen LogP contribution in [0.2, 0.25) is 0 Å². The first kappa shape index (κ1) is 9.47. The first-order valence-electron chi connectivity index (χ1n) is 5.59. The zero-order chi connectivity index (χ0) is 9.47. The molecule has 0 atom stereocenters. The summed E-state index contributed by atoms with van der Waals surface area (Å²) in [4.78, 5) is 5.17. The predicted molar refractivity (Wildman–Crippen MR) is 55.9 cm³/mol. The van der Waals surface area contributed by atoms with Crippen molar-refractivity contribution >= 4 is 0 Å². The molecule has 0 spiro atoms. The molecule has 1 aliphatic carbocycles. The topological polar surface area (TPSA) is 6.48 Å². The van der Waals surface area contributed by atoms with E-state index in [2.05, 4.69) is 30.7 Å². The zero-order valence-electron chi connectivity index (χ0n) is 9.21. The minimum atomic E-state index is 0.612. The van der Waals surface area contributed by atoms with E-state index in [1.807, 2.05) is 0 Å². The van der Waals surface area contributed by atoms with Gasteiger partial charge in [-0.3, -0.25) is 4.90 Å². The molecule has 2 heteroatoms. The summed E-state index contributed by atoms with van der Waals surface area (Å²) in [5.74, 6) is 0.843. The standard InChI is InChI=1S/C11H22N2/c1-10(2)11(4-5-11)13-8-6-12(3)7-9-13/h10H,4-9H2,1-3H3. The van der Waals surface area contributed by atoms with E-state index < -0.39 is 0 Å². The van der Waals surface area contributed by atoms with E-state index in [0.29, 0.717) is 5.54 Å². The van der Waals surface area contributed by atoms with Gasteiger partial charge in [-0.05, 0) is 25.8 Å². The van der Waals surface area contributed by atoms with Crippen LogP contribution < -0.4 is 0 Å². The summed E-state index contributed by atoms with van der Waals surface area (Å²) in [6.45, 7) is 9.85. The highest BCUT2D eigenvalue weighted by Crippen LogP contribution is 2.47. The highest BCUT2D eigenvalue weighted by molar-refractivity contribution is 5.06. The lowest BCUT2D eigenvalue weighted by molar-refractivity contribution is 0.0736. The van der Waals surface area contributed by atoms with Gasteiger partial charge in [-0.15, -0.1) is 0 Å². The molecular formula is C11H22N2. The molecule has 2 fully saturated rings. The Bertz CT molecular complexity index is 177. The molecule has 0 aromatic carbocycles. The van der Waals surface area contributed by atoms with Gasteiger partial charge in [0, 0.05) is 31.7 Å². The number of piperazine rings is 1. The van der Waals surface area contributed by atoms with Crippen LogP contribution in [0.1, 0.15) is 26.7 Å². The third-order valence-corrected chi connectivity index (χ3v) is 3.97. The van der Waals surface area contributed by atoms with E-state index in [-0.39, 0.29) is 0 Å². The van der Waals surface area contributed by atoms with Gasteiger partial charge in [0.05, 0.1) is 0 Å². The van der Waals surface area contributed by atoms with Gasteiger partial charge < -0.3 is 4.90 Å². The van der Waals surface area contributed by atoms with Crippen LogP contribution in [-0.4, -0.2) is 48.6 Å². The maximum Gasteiger partial charge on any atom is 0.0234 e. The van der Waals surface area contributed by atoms with Gasteiger partial charge in [-0.2, -0.15) is 0 Å². The van der Waals surface area contributed by atoms with Crippen LogP contribution in [0.5, 0.6) is 0 Å². The largest absolute Gasteiger partial charge is 0.304 e. The molecule has 0 amide bonds. The fourth-order valence-electron chi connectivity index (χ4n) is 2.64. The lowest BCUT2D eigenvalue weighted by Gasteiger charge is -2.40. The molecule has 0 radical (unpaired) electrons. The molecule has 1 saturated carbocycles. The van der Waals surface area contributed by atoms with E-state index in [1.54, 1.807) is 0 Å². The van der Waals surface area contributed by atoms with Gasteiger partial charge in [0.2, 0.25) is 0 Å². The second kappa shape index (κ2) is 3.25. The molecule has 0 unspecified atom stereocenters. The van der Waals surface area contributed by atoms with Crippen molar-refractivity contribution < 1.29 is 0 Å². The van der Waals surface area contributed by atoms with Crippen molar-refractivity contribution in [3.05, 3.63) is 0 Å². The van der Waals surface area contributed by atoms with Gasteiger partial charge in [-0.25, -0.2) is 0 Å². The van der Waals surface area contributed by atoms with E-state index in [9.17, 15) is 0 Å². The van der Waals surface area contributed by atoms with Crippen molar-refractivity contribution in [2.45, 2.75) is 32.2 Å². The predicted octanol–water partition coefficient (Wildman–Crippen LogP) is 1.42. The van der Waals surface area contributed by atoms with E-state index in [4.69, 9.17) is 0 Å². The normalized spacial score (nSPS) is 29.5. The Labute approximate surface area is 81.9 Å². The van der Waals surface area contributed by atoms with Crippen molar-refractivity contribution in [1.29, 1.82) is 0 Å². The minimum absolute atomic E-state index is 0.612. The maximum atomic E-state index is 2.73. The van der Waals surface area contributed by atoms with Crippen molar-refractivity contribution in [3.63, 3.8) is 0 Å². The van der Waals surface area contributed by atoms with Crippen LogP contribution in [0.15, 0.2) is 0 Å². The third-order valence-electron chi connectivity index (χ3n) is 3.97. The van der Waals surface area contributed by atoms with Crippen molar-refractivity contribution in [1.82, 2.24) is 9.80 Å². The molecular weight excluding hydrogens is 160 g/mol. The quantitative estimate of drug-likeness (QED) is 0.637. The Morgan fingerprint density at radius 2 is 1.54 bits per heavy atom. The molecule has 2 nitrogen and oxygen atoms in total. The molecule has 0 aromatic heterocycles. The lowest BCUT2D eigenvalue weighted by atomic mass is 9.99. The smallest absolute Gasteiger partial charge is 0.0234 e. The van der Waals surface area contributed by atoms with Crippen molar-refractivity contribution in [2.24, 2.45) is 5.92 Å². The fourth-order valence-corrected chi connectivity index (χ4v) is 2.64. The van der Waals surface area contributed by atoms with E-state index >= 15 is 0 Å². The summed E-state index contributed by atoms with van der Waals surface area (Å²) < 4.78 is 0. The molecule has 1 heterocycles. The summed E-state index contributed by atoms with van der Waals surface area (Å²) in [7, 11) is 2.23. The highest BCUT2D eigenvalue weighted by atomic mass is 15.3. The second-order valence-corrected chi connectivity index (χ2v) is 5.05. The average molecular weight is 182 g/mol. The van der Waals surface area contributed by atoms with Crippen LogP contribution in [0.4, 0.5) is 0 Å². The molecule has 2 aliphatic rings. The molecule has 1 saturated heterocycles. The Morgan fingerprint density at radius 3 is 1.92 bits per heavy atom. The summed E-state index contributed by atoms with van der Waals surface area (Å²) in [5.41, 5.74) is 0.612. The molecule has 2 rings (SSSR count). The van der Waals surface area contributed by atoms with Gasteiger partial charge in [0.1, 0.15) is 0 Å². The zero-order valence-corrected chi connectivity index (χ0v) is 9.21. The van der Waals surface area contributed by atoms with Crippen LogP contribution in [0.3, 0.4) is 0 Å². The molecule has 0 N–H and O–H groups in total. The number of rotatable bonds is 2. The number of likely N-dealkylation sites (N-methyl/N-ethyl adjacent to an activating group) is 1. The number of hydrogen-bond acceptors (Lipinski definition) is 2. The van der Waals surface area contributed by atoms with Crippen LogP contribution >= 0.6 is 0 Å². The highest BCUT2D eigenvalue weighted by Gasteiger charge is 2.50. The summed E-state index contributed by atoms with van der Waals surface area (Å²) in [6, 6.07) is 0. The first-order valence-corrected chi connectivity index (χ1v) is 5.59. The summed E-state index contributed by atoms with van der Waals surface area (Å²) >= 11 is 0. The summed E-state index contributed by atoms with van der Waals surface area (Å²) in [6.07, 6.45) is 2.88. The second-order valence-electron chi connectivity index (χ2n) is 5.05. The van der Waals surface area contributed by atoms with Crippen molar-refractivity contribution in [3.8, 4) is 0 Å². The van der Waals surface area contributed by atoms with E-state index in [1.165, 1.54) is 39.0 Å². The molecule has 76 valence electrons. The average Bonchev–Trinajstić information content (AvgIpc) is 2.86. The number of hydrogen-bond donors (Lipinski definition) is 0. The van der Waals surface area contributed by atoms with Gasteiger partial charge >= 0.3 is 0 Å². The van der Waals surface area contributed by atoms with Gasteiger partial charge in [0.15, 0.2) is 0 Å². The van der Waals surface area contributed by atoms with Crippen LogP contribution in [-0.2, 0) is 0 Å². The molecule has 1 aliphatic heterocycles. The lowest BCUT2D eigenvalue weighted by Crippen LogP contribution is -2.52. The molecule has 0 aromatic rings. The van der Waals surface area contributed by atoms with E-state index in [0.717, 1.165) is 5.92 Å². The summed E-state index contributed by atoms with van der Waals surface area (Å²) in [5, 5.41) is 0. The Kier molecular flexibility index (Phi) is 2.37. The fraction of sp³-hybridized carbons (Fsp3) is 1.00. The van der Waals surface area contributed by atoms with Gasteiger partial charge in [-0.1, -0.05) is 13.8 Å². The molecule has 0 bridgehead atoms. The minimum Gasteiger partial charge on any atom is -0.304 e.